The molecule has 4 aromatic rings. The molecule has 2 aliphatic rings. The van der Waals surface area contributed by atoms with E-state index in [1.54, 1.807) is 4.90 Å². The highest BCUT2D eigenvalue weighted by atomic mass is 16.6. The monoisotopic (exact) mass is 573 g/mol. The molecule has 2 fully saturated rings. The van der Waals surface area contributed by atoms with Crippen LogP contribution in [0.5, 0.6) is 0 Å². The summed E-state index contributed by atoms with van der Waals surface area (Å²) in [5.74, 6) is 2.19. The van der Waals surface area contributed by atoms with E-state index in [1.807, 2.05) is 51.7 Å². The number of hydrogen-bond donors (Lipinski definition) is 1. The van der Waals surface area contributed by atoms with Gasteiger partial charge in [0.15, 0.2) is 17.2 Å². The molecule has 1 amide bonds. The number of anilines is 1. The summed E-state index contributed by atoms with van der Waals surface area (Å²) < 4.78 is 13.4. The molecule has 0 bridgehead atoms. The van der Waals surface area contributed by atoms with Gasteiger partial charge in [-0.3, -0.25) is 0 Å². The van der Waals surface area contributed by atoms with E-state index in [9.17, 15) is 4.79 Å². The van der Waals surface area contributed by atoms with E-state index >= 15 is 0 Å². The first-order valence-electron chi connectivity index (χ1n) is 14.9. The van der Waals surface area contributed by atoms with E-state index < -0.39 is 5.60 Å². The molecule has 42 heavy (non-hydrogen) atoms. The Morgan fingerprint density at radius 2 is 1.69 bits per heavy atom. The van der Waals surface area contributed by atoms with E-state index in [1.165, 1.54) is 6.33 Å². The Balaban J connectivity index is 1.33. The Bertz CT molecular complexity index is 1570. The Hall–Kier alpha value is -4.09. The van der Waals surface area contributed by atoms with Crippen molar-refractivity contribution in [1.82, 2.24) is 39.8 Å². The number of ether oxygens (including phenoxy) is 1. The van der Waals surface area contributed by atoms with Gasteiger partial charge in [-0.2, -0.15) is 5.10 Å². The van der Waals surface area contributed by atoms with Gasteiger partial charge in [0.05, 0.1) is 10.9 Å². The first kappa shape index (κ1) is 28.0. The zero-order valence-corrected chi connectivity index (χ0v) is 25.0. The summed E-state index contributed by atoms with van der Waals surface area (Å²) in [6, 6.07) is 0.0532. The van der Waals surface area contributed by atoms with Crippen LogP contribution in [0.2, 0.25) is 0 Å². The summed E-state index contributed by atoms with van der Waals surface area (Å²) in [4.78, 5) is 32.7. The van der Waals surface area contributed by atoms with Gasteiger partial charge < -0.3 is 19.9 Å². The van der Waals surface area contributed by atoms with Crippen molar-refractivity contribution in [2.24, 2.45) is 0 Å². The molecule has 0 unspecified atom stereocenters. The number of likely N-dealkylation sites (tertiary alicyclic amines) is 1. The summed E-state index contributed by atoms with van der Waals surface area (Å²) in [6.45, 7) is 11.0. The first-order chi connectivity index (χ1) is 20.1. The minimum atomic E-state index is -0.506. The zero-order valence-electron chi connectivity index (χ0n) is 25.0. The number of fused-ring (bicyclic) bond motifs is 1. The van der Waals surface area contributed by atoms with E-state index in [0.29, 0.717) is 47.2 Å². The molecule has 12 heteroatoms. The molecular formula is C30H39N9O3. The fraction of sp³-hybridized carbons (Fsp3) is 0.567. The highest BCUT2D eigenvalue weighted by Crippen LogP contribution is 2.44. The molecule has 12 nitrogen and oxygen atoms in total. The second-order valence-electron chi connectivity index (χ2n) is 12.7. The quantitative estimate of drug-likeness (QED) is 0.307. The average Bonchev–Trinajstić information content (AvgIpc) is 3.71. The molecule has 0 radical (unpaired) electrons. The van der Waals surface area contributed by atoms with Crippen LogP contribution >= 0.6 is 0 Å². The maximum atomic E-state index is 12.5. The van der Waals surface area contributed by atoms with E-state index in [-0.39, 0.29) is 24.0 Å². The maximum Gasteiger partial charge on any atom is 0.410 e. The van der Waals surface area contributed by atoms with Crippen LogP contribution in [0.4, 0.5) is 10.6 Å². The van der Waals surface area contributed by atoms with Gasteiger partial charge >= 0.3 is 6.09 Å². The number of amides is 1. The van der Waals surface area contributed by atoms with Crippen molar-refractivity contribution in [1.29, 1.82) is 0 Å². The average molecular weight is 574 g/mol. The lowest BCUT2D eigenvalue weighted by molar-refractivity contribution is 0.0204. The Morgan fingerprint density at radius 3 is 2.33 bits per heavy atom. The molecule has 222 valence electrons. The first-order valence-corrected chi connectivity index (χ1v) is 14.9. The number of rotatable bonds is 5. The van der Waals surface area contributed by atoms with Gasteiger partial charge in [0.2, 0.25) is 0 Å². The highest BCUT2D eigenvalue weighted by Gasteiger charge is 2.33. The molecular weight excluding hydrogens is 534 g/mol. The second-order valence-corrected chi connectivity index (χ2v) is 12.7. The molecule has 1 saturated heterocycles. The van der Waals surface area contributed by atoms with Crippen molar-refractivity contribution in [2.45, 2.75) is 96.6 Å². The molecule has 1 aliphatic heterocycles. The van der Waals surface area contributed by atoms with Gasteiger partial charge in [0.25, 0.3) is 0 Å². The lowest BCUT2D eigenvalue weighted by atomic mass is 9.91. The van der Waals surface area contributed by atoms with Crippen molar-refractivity contribution in [3.8, 4) is 22.8 Å². The van der Waals surface area contributed by atoms with Gasteiger partial charge in [0, 0.05) is 37.4 Å². The van der Waals surface area contributed by atoms with Crippen LogP contribution in [0.15, 0.2) is 23.2 Å². The molecule has 6 rings (SSSR count). The van der Waals surface area contributed by atoms with Crippen LogP contribution in [-0.2, 0) is 4.74 Å². The summed E-state index contributed by atoms with van der Waals surface area (Å²) in [6.07, 6.45) is 11.0. The summed E-state index contributed by atoms with van der Waals surface area (Å²) in [5.41, 5.74) is 9.44. The fourth-order valence-electron chi connectivity index (χ4n) is 6.07. The van der Waals surface area contributed by atoms with Crippen LogP contribution in [0, 0.1) is 0 Å². The summed E-state index contributed by atoms with van der Waals surface area (Å²) in [7, 11) is 0. The number of nitrogens with two attached hydrogens (primary N) is 1. The van der Waals surface area contributed by atoms with Crippen LogP contribution in [-0.4, -0.2) is 64.6 Å². The van der Waals surface area contributed by atoms with Crippen LogP contribution in [0.1, 0.15) is 102 Å². The topological polar surface area (TPSA) is 151 Å². The second kappa shape index (κ2) is 11.0. The van der Waals surface area contributed by atoms with Crippen molar-refractivity contribution in [2.75, 3.05) is 18.8 Å². The Morgan fingerprint density at radius 1 is 1.00 bits per heavy atom. The number of carbonyl (C=O) groups excluding carboxylic acids is 1. The van der Waals surface area contributed by atoms with Gasteiger partial charge in [-0.05, 0) is 71.8 Å². The van der Waals surface area contributed by atoms with Crippen LogP contribution in [0.25, 0.3) is 33.8 Å². The largest absolute Gasteiger partial charge is 0.444 e. The SMILES string of the molecule is CC(C)n1nc(-c2noc(C3CCCC3)c2-c2ncc(C3CCN(C(=O)OC(C)(C)C)CC3)cn2)c2c(N)ncnc21. The standard InChI is InChI=1S/C30H39N9O3/c1-17(2)39-28-22(26(31)34-16-35-28)23(36-39)24-21(25(42-37-24)19-8-6-7-9-19)27-32-14-20(15-33-27)18-10-12-38(13-11-18)29(40)41-30(3,4)5/h14-19H,6-13H2,1-5H3,(H2,31,34,35). The van der Waals surface area contributed by atoms with Crippen LogP contribution < -0.4 is 5.73 Å². The van der Waals surface area contributed by atoms with Crippen LogP contribution in [0.3, 0.4) is 0 Å². The number of piperidine rings is 1. The molecule has 4 aromatic heterocycles. The normalized spacial score (nSPS) is 17.0. The number of hydrogen-bond acceptors (Lipinski definition) is 10. The molecule has 0 aromatic carbocycles. The predicted octanol–water partition coefficient (Wildman–Crippen LogP) is 5.87. The Labute approximate surface area is 245 Å². The molecule has 0 atom stereocenters. The number of nitrogens with zero attached hydrogens (tertiary/aromatic N) is 8. The van der Waals surface area contributed by atoms with E-state index in [0.717, 1.165) is 55.4 Å². The van der Waals surface area contributed by atoms with Gasteiger partial charge in [-0.25, -0.2) is 29.4 Å². The summed E-state index contributed by atoms with van der Waals surface area (Å²) >= 11 is 0. The third-order valence-electron chi connectivity index (χ3n) is 8.19. The lowest BCUT2D eigenvalue weighted by Crippen LogP contribution is -2.41. The fourth-order valence-corrected chi connectivity index (χ4v) is 6.07. The van der Waals surface area contributed by atoms with Crippen molar-refractivity contribution in [3.05, 3.63) is 30.0 Å². The molecule has 0 spiro atoms. The van der Waals surface area contributed by atoms with Gasteiger partial charge in [0.1, 0.15) is 29.1 Å². The number of carbonyl (C=O) groups is 1. The van der Waals surface area contributed by atoms with Crippen molar-refractivity contribution >= 4 is 22.9 Å². The van der Waals surface area contributed by atoms with Gasteiger partial charge in [-0.15, -0.1) is 0 Å². The smallest absolute Gasteiger partial charge is 0.410 e. The van der Waals surface area contributed by atoms with Gasteiger partial charge in [-0.1, -0.05) is 18.0 Å². The molecule has 1 aliphatic carbocycles. The third kappa shape index (κ3) is 5.30. The highest BCUT2D eigenvalue weighted by molar-refractivity contribution is 6.00. The zero-order chi connectivity index (χ0) is 29.6. The summed E-state index contributed by atoms with van der Waals surface area (Å²) in [5, 5.41) is 10.1. The Kier molecular flexibility index (Phi) is 7.32. The number of aromatic nitrogens is 7. The predicted molar refractivity (Wildman–Crippen MR) is 158 cm³/mol. The van der Waals surface area contributed by atoms with Crippen molar-refractivity contribution < 1.29 is 14.1 Å². The lowest BCUT2D eigenvalue weighted by Gasteiger charge is -2.33. The minimum Gasteiger partial charge on any atom is -0.444 e. The molecule has 5 heterocycles. The van der Waals surface area contributed by atoms with E-state index in [2.05, 4.69) is 15.1 Å². The third-order valence-corrected chi connectivity index (χ3v) is 8.19. The number of nitrogen functional groups attached to an aromatic ring is 1. The molecule has 1 saturated carbocycles. The molecule has 2 N–H and O–H groups in total. The minimum absolute atomic E-state index is 0.0532. The van der Waals surface area contributed by atoms with Crippen molar-refractivity contribution in [3.63, 3.8) is 0 Å². The maximum absolute atomic E-state index is 12.5. The van der Waals surface area contributed by atoms with E-state index in [4.69, 9.17) is 30.1 Å².